The van der Waals surface area contributed by atoms with Crippen molar-refractivity contribution in [2.45, 2.75) is 0 Å². The predicted molar refractivity (Wildman–Crippen MR) is 75.2 cm³/mol. The minimum absolute atomic E-state index is 1.03. The van der Waals surface area contributed by atoms with Gasteiger partial charge in [-0.3, -0.25) is 13.7 Å². The highest BCUT2D eigenvalue weighted by atomic mass is 32.3. The standard InChI is InChI=1S/C13H10N2.H2O4S/c1-2-6-11(7-3-1)15-10-14-12-8-4-5-9-13(12)15;1-5(2,3)4/h1-10H;(H2,1,2,3,4). The number of nitrogens with zero attached hydrogens (tertiary/aromatic N) is 2. The number of hydrogen-bond donors (Lipinski definition) is 2. The van der Waals surface area contributed by atoms with E-state index >= 15 is 0 Å². The Morgan fingerprint density at radius 2 is 1.45 bits per heavy atom. The molecule has 1 heterocycles. The van der Waals surface area contributed by atoms with Crippen LogP contribution in [0.25, 0.3) is 16.7 Å². The summed E-state index contributed by atoms with van der Waals surface area (Å²) in [4.78, 5) is 4.36. The molecule has 0 saturated heterocycles. The topological polar surface area (TPSA) is 92.4 Å². The van der Waals surface area contributed by atoms with Crippen LogP contribution in [0.4, 0.5) is 0 Å². The Morgan fingerprint density at radius 1 is 0.900 bits per heavy atom. The van der Waals surface area contributed by atoms with Gasteiger partial charge in [-0.05, 0) is 24.3 Å². The van der Waals surface area contributed by atoms with E-state index < -0.39 is 10.4 Å². The van der Waals surface area contributed by atoms with E-state index in [0.29, 0.717) is 0 Å². The number of benzene rings is 2. The van der Waals surface area contributed by atoms with Crippen LogP contribution < -0.4 is 0 Å². The lowest BCUT2D eigenvalue weighted by molar-refractivity contribution is 0.381. The molecule has 0 aliphatic heterocycles. The molecule has 0 atom stereocenters. The van der Waals surface area contributed by atoms with Crippen LogP contribution in [0.15, 0.2) is 60.9 Å². The van der Waals surface area contributed by atoms with Crippen LogP contribution in [-0.2, 0) is 10.4 Å². The number of rotatable bonds is 1. The third-order valence-electron chi connectivity index (χ3n) is 2.49. The molecule has 0 amide bonds. The lowest BCUT2D eigenvalue weighted by Gasteiger charge is -2.02. The molecule has 2 aromatic carbocycles. The van der Waals surface area contributed by atoms with Crippen LogP contribution in [-0.4, -0.2) is 27.1 Å². The van der Waals surface area contributed by atoms with Crippen LogP contribution in [0, 0.1) is 0 Å². The van der Waals surface area contributed by atoms with Gasteiger partial charge in [-0.15, -0.1) is 0 Å². The Balaban J connectivity index is 0.000000257. The molecular weight excluding hydrogens is 280 g/mol. The number of fused-ring (bicyclic) bond motifs is 1. The summed E-state index contributed by atoms with van der Waals surface area (Å²) in [7, 11) is -4.67. The fourth-order valence-electron chi connectivity index (χ4n) is 1.75. The normalized spacial score (nSPS) is 10.9. The van der Waals surface area contributed by atoms with Gasteiger partial charge in [-0.1, -0.05) is 30.3 Å². The first-order valence-corrected chi connectivity index (χ1v) is 7.02. The van der Waals surface area contributed by atoms with Gasteiger partial charge >= 0.3 is 10.4 Å². The number of para-hydroxylation sites is 3. The summed E-state index contributed by atoms with van der Waals surface area (Å²) in [6.45, 7) is 0. The molecule has 0 aliphatic rings. The average Bonchev–Trinajstić information content (AvgIpc) is 2.81. The van der Waals surface area contributed by atoms with E-state index in [1.807, 2.05) is 42.7 Å². The largest absolute Gasteiger partial charge is 0.394 e. The molecule has 104 valence electrons. The average molecular weight is 292 g/mol. The van der Waals surface area contributed by atoms with Gasteiger partial charge in [-0.25, -0.2) is 4.98 Å². The lowest BCUT2D eigenvalue weighted by Crippen LogP contribution is -1.90. The first-order valence-electron chi connectivity index (χ1n) is 5.62. The summed E-state index contributed by atoms with van der Waals surface area (Å²) in [5.41, 5.74) is 3.32. The highest BCUT2D eigenvalue weighted by Crippen LogP contribution is 2.16. The first-order chi connectivity index (χ1) is 9.45. The first kappa shape index (κ1) is 14.2. The van der Waals surface area contributed by atoms with Crippen molar-refractivity contribution in [3.63, 3.8) is 0 Å². The summed E-state index contributed by atoms with van der Waals surface area (Å²) in [6.07, 6.45) is 1.86. The van der Waals surface area contributed by atoms with E-state index in [-0.39, 0.29) is 0 Å². The highest BCUT2D eigenvalue weighted by molar-refractivity contribution is 7.79. The molecule has 0 unspecified atom stereocenters. The van der Waals surface area contributed by atoms with Crippen molar-refractivity contribution in [2.75, 3.05) is 0 Å². The molecule has 20 heavy (non-hydrogen) atoms. The van der Waals surface area contributed by atoms with Crippen LogP contribution in [0.5, 0.6) is 0 Å². The maximum atomic E-state index is 8.74. The molecule has 7 heteroatoms. The van der Waals surface area contributed by atoms with Crippen molar-refractivity contribution in [1.82, 2.24) is 9.55 Å². The Labute approximate surface area is 115 Å². The summed E-state index contributed by atoms with van der Waals surface area (Å²) in [5.74, 6) is 0. The van der Waals surface area contributed by atoms with Gasteiger partial charge in [-0.2, -0.15) is 8.42 Å². The molecular formula is C13H12N2O4S. The van der Waals surface area contributed by atoms with E-state index in [9.17, 15) is 0 Å². The Morgan fingerprint density at radius 3 is 2.10 bits per heavy atom. The smallest absolute Gasteiger partial charge is 0.299 e. The third kappa shape index (κ3) is 3.89. The number of aromatic nitrogens is 2. The molecule has 6 nitrogen and oxygen atoms in total. The molecule has 0 aliphatic carbocycles. The predicted octanol–water partition coefficient (Wildman–Crippen LogP) is 2.37. The zero-order valence-electron chi connectivity index (χ0n) is 10.3. The van der Waals surface area contributed by atoms with Crippen molar-refractivity contribution in [1.29, 1.82) is 0 Å². The van der Waals surface area contributed by atoms with Crippen LogP contribution in [0.3, 0.4) is 0 Å². The van der Waals surface area contributed by atoms with E-state index in [1.54, 1.807) is 0 Å². The van der Waals surface area contributed by atoms with E-state index in [2.05, 4.69) is 27.8 Å². The molecule has 0 fully saturated rings. The van der Waals surface area contributed by atoms with Crippen LogP contribution in [0.2, 0.25) is 0 Å². The van der Waals surface area contributed by atoms with E-state index in [4.69, 9.17) is 17.5 Å². The number of hydrogen-bond acceptors (Lipinski definition) is 3. The summed E-state index contributed by atoms with van der Waals surface area (Å²) >= 11 is 0. The molecule has 0 spiro atoms. The Bertz CT molecular complexity index is 789. The maximum Gasteiger partial charge on any atom is 0.394 e. The van der Waals surface area contributed by atoms with Gasteiger partial charge in [0.1, 0.15) is 6.33 Å². The fourth-order valence-corrected chi connectivity index (χ4v) is 1.75. The van der Waals surface area contributed by atoms with E-state index in [0.717, 1.165) is 16.7 Å². The van der Waals surface area contributed by atoms with Gasteiger partial charge in [0.25, 0.3) is 0 Å². The Kier molecular flexibility index (Phi) is 4.14. The van der Waals surface area contributed by atoms with Crippen molar-refractivity contribution in [3.8, 4) is 5.69 Å². The molecule has 0 bridgehead atoms. The van der Waals surface area contributed by atoms with Crippen LogP contribution >= 0.6 is 0 Å². The zero-order valence-corrected chi connectivity index (χ0v) is 11.1. The summed E-state index contributed by atoms with van der Waals surface area (Å²) in [6, 6.07) is 18.4. The molecule has 2 N–H and O–H groups in total. The van der Waals surface area contributed by atoms with E-state index in [1.165, 1.54) is 0 Å². The minimum atomic E-state index is -4.67. The fraction of sp³-hybridized carbons (Fsp3) is 0. The van der Waals surface area contributed by atoms with Crippen molar-refractivity contribution >= 4 is 21.4 Å². The van der Waals surface area contributed by atoms with Gasteiger partial charge in [0, 0.05) is 5.69 Å². The lowest BCUT2D eigenvalue weighted by atomic mass is 10.3. The quantitative estimate of drug-likeness (QED) is 0.672. The third-order valence-corrected chi connectivity index (χ3v) is 2.49. The molecule has 3 aromatic rings. The van der Waals surface area contributed by atoms with Crippen LogP contribution in [0.1, 0.15) is 0 Å². The second-order valence-corrected chi connectivity index (χ2v) is 4.78. The Hall–Kier alpha value is -2.22. The van der Waals surface area contributed by atoms with Gasteiger partial charge in [0.05, 0.1) is 11.0 Å². The van der Waals surface area contributed by atoms with Gasteiger partial charge in [0.15, 0.2) is 0 Å². The van der Waals surface area contributed by atoms with Crippen molar-refractivity contribution < 1.29 is 17.5 Å². The van der Waals surface area contributed by atoms with Gasteiger partial charge < -0.3 is 0 Å². The monoisotopic (exact) mass is 292 g/mol. The second-order valence-electron chi connectivity index (χ2n) is 3.89. The van der Waals surface area contributed by atoms with Crippen molar-refractivity contribution in [3.05, 3.63) is 60.9 Å². The molecule has 0 saturated carbocycles. The van der Waals surface area contributed by atoms with Crippen molar-refractivity contribution in [2.24, 2.45) is 0 Å². The minimum Gasteiger partial charge on any atom is -0.299 e. The SMILES string of the molecule is O=S(=O)(O)O.c1ccc(-n2cnc3ccccc32)cc1. The maximum absolute atomic E-state index is 8.74. The van der Waals surface area contributed by atoms with Gasteiger partial charge in [0.2, 0.25) is 0 Å². The molecule has 0 radical (unpaired) electrons. The highest BCUT2D eigenvalue weighted by Gasteiger charge is 2.01. The number of imidazole rings is 1. The molecule has 3 rings (SSSR count). The molecule has 1 aromatic heterocycles. The summed E-state index contributed by atoms with van der Waals surface area (Å²) in [5, 5.41) is 0. The second kappa shape index (κ2) is 5.83. The summed E-state index contributed by atoms with van der Waals surface area (Å²) < 4.78 is 33.7. The zero-order chi connectivity index (χ0) is 14.6.